The molecule has 0 saturated heterocycles. The lowest BCUT2D eigenvalue weighted by Crippen LogP contribution is -2.26. The molecule has 1 aliphatic carbocycles. The Morgan fingerprint density at radius 2 is 2.25 bits per heavy atom. The minimum absolute atomic E-state index is 0.434. The zero-order valence-electron chi connectivity index (χ0n) is 8.10. The summed E-state index contributed by atoms with van der Waals surface area (Å²) < 4.78 is 0. The van der Waals surface area contributed by atoms with Crippen molar-refractivity contribution < 1.29 is 0 Å². The van der Waals surface area contributed by atoms with E-state index in [0.29, 0.717) is 11.3 Å². The smallest absolute Gasteiger partial charge is 0.00335 e. The molecule has 0 saturated carbocycles. The number of hydrogen-bond donors (Lipinski definition) is 0. The van der Waals surface area contributed by atoms with E-state index in [1.165, 1.54) is 18.4 Å². The van der Waals surface area contributed by atoms with Gasteiger partial charge in [-0.3, -0.25) is 0 Å². The third-order valence-corrected chi connectivity index (χ3v) is 3.16. The quantitative estimate of drug-likeness (QED) is 0.589. The zero-order chi connectivity index (χ0) is 9.19. The Labute approximate surface area is 83.9 Å². The SMILES string of the molecule is CC1=CCCC(C)(C)C1/C=C/Br. The molecule has 0 nitrogen and oxygen atoms in total. The summed E-state index contributed by atoms with van der Waals surface area (Å²) in [5.41, 5.74) is 1.95. The summed E-state index contributed by atoms with van der Waals surface area (Å²) in [4.78, 5) is 1.99. The van der Waals surface area contributed by atoms with Crippen LogP contribution in [0, 0.1) is 11.3 Å². The lowest BCUT2D eigenvalue weighted by molar-refractivity contribution is 0.256. The van der Waals surface area contributed by atoms with Crippen molar-refractivity contribution in [2.75, 3.05) is 0 Å². The van der Waals surface area contributed by atoms with Crippen LogP contribution in [-0.2, 0) is 0 Å². The predicted octanol–water partition coefficient (Wildman–Crippen LogP) is 4.28. The van der Waals surface area contributed by atoms with Gasteiger partial charge in [-0.25, -0.2) is 0 Å². The summed E-state index contributed by atoms with van der Waals surface area (Å²) in [5.74, 6) is 0.616. The first kappa shape index (κ1) is 10.0. The molecule has 1 rings (SSSR count). The molecular weight excluding hydrogens is 212 g/mol. The van der Waals surface area contributed by atoms with E-state index in [4.69, 9.17) is 0 Å². The summed E-state index contributed by atoms with van der Waals surface area (Å²) in [6, 6.07) is 0. The molecule has 0 N–H and O–H groups in total. The molecule has 1 heteroatoms. The minimum Gasteiger partial charge on any atom is -0.0850 e. The number of hydrogen-bond acceptors (Lipinski definition) is 0. The van der Waals surface area contributed by atoms with Gasteiger partial charge in [0.05, 0.1) is 0 Å². The second-order valence-electron chi connectivity index (χ2n) is 4.27. The van der Waals surface area contributed by atoms with Crippen LogP contribution < -0.4 is 0 Å². The van der Waals surface area contributed by atoms with Gasteiger partial charge in [-0.05, 0) is 30.2 Å². The van der Waals surface area contributed by atoms with Crippen LogP contribution in [-0.4, -0.2) is 0 Å². The third-order valence-electron chi connectivity index (χ3n) is 2.85. The average Bonchev–Trinajstić information content (AvgIpc) is 1.97. The highest BCUT2D eigenvalue weighted by Crippen LogP contribution is 2.41. The maximum atomic E-state index is 3.36. The van der Waals surface area contributed by atoms with Crippen LogP contribution in [0.1, 0.15) is 33.6 Å². The maximum Gasteiger partial charge on any atom is 0.00335 e. The Morgan fingerprint density at radius 3 is 2.75 bits per heavy atom. The second kappa shape index (κ2) is 3.78. The highest BCUT2D eigenvalue weighted by atomic mass is 79.9. The Bertz CT molecular complexity index is 211. The van der Waals surface area contributed by atoms with Crippen LogP contribution >= 0.6 is 15.9 Å². The summed E-state index contributed by atoms with van der Waals surface area (Å²) in [6.45, 7) is 6.93. The molecule has 0 aliphatic heterocycles. The van der Waals surface area contributed by atoms with Crippen LogP contribution in [0.3, 0.4) is 0 Å². The lowest BCUT2D eigenvalue weighted by atomic mass is 9.69. The molecule has 0 aromatic rings. The van der Waals surface area contributed by atoms with Crippen LogP contribution in [0.5, 0.6) is 0 Å². The van der Waals surface area contributed by atoms with Crippen molar-refractivity contribution in [2.24, 2.45) is 11.3 Å². The first-order chi connectivity index (χ1) is 5.58. The largest absolute Gasteiger partial charge is 0.0850 e. The molecule has 12 heavy (non-hydrogen) atoms. The van der Waals surface area contributed by atoms with Crippen molar-refractivity contribution in [3.05, 3.63) is 22.7 Å². The molecule has 0 aromatic heterocycles. The van der Waals surface area contributed by atoms with E-state index >= 15 is 0 Å². The maximum absolute atomic E-state index is 3.36. The van der Waals surface area contributed by atoms with Crippen LogP contribution in [0.15, 0.2) is 22.7 Å². The summed E-state index contributed by atoms with van der Waals surface area (Å²) in [6.07, 6.45) is 7.16. The van der Waals surface area contributed by atoms with Crippen molar-refractivity contribution >= 4 is 15.9 Å². The lowest BCUT2D eigenvalue weighted by Gasteiger charge is -2.36. The van der Waals surface area contributed by atoms with Gasteiger partial charge in [-0.15, -0.1) is 0 Å². The zero-order valence-corrected chi connectivity index (χ0v) is 9.69. The van der Waals surface area contributed by atoms with Crippen molar-refractivity contribution in [1.29, 1.82) is 0 Å². The average molecular weight is 229 g/mol. The predicted molar refractivity (Wildman–Crippen MR) is 58.3 cm³/mol. The van der Waals surface area contributed by atoms with E-state index in [0.717, 1.165) is 0 Å². The van der Waals surface area contributed by atoms with E-state index in [9.17, 15) is 0 Å². The van der Waals surface area contributed by atoms with Crippen LogP contribution in [0.4, 0.5) is 0 Å². The number of halogens is 1. The first-order valence-corrected chi connectivity index (χ1v) is 5.43. The van der Waals surface area contributed by atoms with Gasteiger partial charge in [0, 0.05) is 5.92 Å². The number of rotatable bonds is 1. The van der Waals surface area contributed by atoms with E-state index < -0.39 is 0 Å². The van der Waals surface area contributed by atoms with Gasteiger partial charge < -0.3 is 0 Å². The molecule has 0 aromatic carbocycles. The van der Waals surface area contributed by atoms with Gasteiger partial charge in [0.25, 0.3) is 0 Å². The van der Waals surface area contributed by atoms with E-state index in [1.807, 2.05) is 4.99 Å². The molecule has 0 fully saturated rings. The van der Waals surface area contributed by atoms with Crippen molar-refractivity contribution in [2.45, 2.75) is 33.6 Å². The van der Waals surface area contributed by atoms with Crippen molar-refractivity contribution in [1.82, 2.24) is 0 Å². The molecule has 1 aliphatic rings. The molecule has 1 unspecified atom stereocenters. The minimum atomic E-state index is 0.434. The molecule has 0 amide bonds. The monoisotopic (exact) mass is 228 g/mol. The van der Waals surface area contributed by atoms with Gasteiger partial charge in [-0.1, -0.05) is 47.5 Å². The fourth-order valence-corrected chi connectivity index (χ4v) is 2.36. The first-order valence-electron chi connectivity index (χ1n) is 4.51. The van der Waals surface area contributed by atoms with Crippen molar-refractivity contribution in [3.8, 4) is 0 Å². The van der Waals surface area contributed by atoms with Crippen LogP contribution in [0.2, 0.25) is 0 Å². The number of allylic oxidation sites excluding steroid dienone is 3. The normalized spacial score (nSPS) is 29.0. The van der Waals surface area contributed by atoms with Gasteiger partial charge in [0.15, 0.2) is 0 Å². The third kappa shape index (κ3) is 2.01. The molecule has 1 atom stereocenters. The van der Waals surface area contributed by atoms with Crippen molar-refractivity contribution in [3.63, 3.8) is 0 Å². The molecule has 0 heterocycles. The van der Waals surface area contributed by atoms with Crippen LogP contribution in [0.25, 0.3) is 0 Å². The summed E-state index contributed by atoms with van der Waals surface area (Å²) in [7, 11) is 0. The Morgan fingerprint density at radius 1 is 1.58 bits per heavy atom. The topological polar surface area (TPSA) is 0 Å². The Kier molecular flexibility index (Phi) is 3.16. The van der Waals surface area contributed by atoms with Gasteiger partial charge in [0.1, 0.15) is 0 Å². The highest BCUT2D eigenvalue weighted by Gasteiger charge is 2.30. The Hall–Kier alpha value is -0.0400. The highest BCUT2D eigenvalue weighted by molar-refractivity contribution is 9.11. The van der Waals surface area contributed by atoms with E-state index in [2.05, 4.69) is 48.9 Å². The fourth-order valence-electron chi connectivity index (χ4n) is 2.06. The molecule has 0 spiro atoms. The molecule has 0 bridgehead atoms. The Balaban J connectivity index is 2.88. The molecular formula is C11H17Br. The van der Waals surface area contributed by atoms with Gasteiger partial charge in [0.2, 0.25) is 0 Å². The fraction of sp³-hybridized carbons (Fsp3) is 0.636. The van der Waals surface area contributed by atoms with E-state index in [1.54, 1.807) is 0 Å². The summed E-state index contributed by atoms with van der Waals surface area (Å²) >= 11 is 3.36. The van der Waals surface area contributed by atoms with Gasteiger partial charge in [-0.2, -0.15) is 0 Å². The second-order valence-corrected chi connectivity index (χ2v) is 4.80. The van der Waals surface area contributed by atoms with E-state index in [-0.39, 0.29) is 0 Å². The summed E-state index contributed by atoms with van der Waals surface area (Å²) in [5, 5.41) is 0. The standard InChI is InChI=1S/C11H17Br/c1-9-5-4-7-11(2,3)10(9)6-8-12/h5-6,8,10H,4,7H2,1-3H3/b8-6+. The molecule has 68 valence electrons. The molecule has 0 radical (unpaired) electrons. The van der Waals surface area contributed by atoms with Gasteiger partial charge >= 0.3 is 0 Å².